The van der Waals surface area contributed by atoms with E-state index in [1.807, 2.05) is 30.0 Å². The number of hydrogen-bond acceptors (Lipinski definition) is 8. The first kappa shape index (κ1) is 32.5. The maximum absolute atomic E-state index is 13.6. The SMILES string of the molecule is COc1cc(C(=O)N(C)c2ccc(C)cc2OCCCCCC(=O)N2CCN(C)CC2)ccc1NC(=O)c1cccc2ncoc12. The lowest BCUT2D eigenvalue weighted by molar-refractivity contribution is -0.132. The molecule has 0 atom stereocenters. The highest BCUT2D eigenvalue weighted by molar-refractivity contribution is 6.12. The summed E-state index contributed by atoms with van der Waals surface area (Å²) in [5.41, 5.74) is 3.75. The van der Waals surface area contributed by atoms with E-state index in [1.165, 1.54) is 13.5 Å². The first-order chi connectivity index (χ1) is 22.2. The zero-order valence-corrected chi connectivity index (χ0v) is 26.9. The Morgan fingerprint density at radius 1 is 0.978 bits per heavy atom. The van der Waals surface area contributed by atoms with Gasteiger partial charge in [-0.15, -0.1) is 0 Å². The van der Waals surface area contributed by atoms with Crippen LogP contribution in [0.4, 0.5) is 11.4 Å². The van der Waals surface area contributed by atoms with Gasteiger partial charge in [-0.3, -0.25) is 14.4 Å². The quantitative estimate of drug-likeness (QED) is 0.208. The summed E-state index contributed by atoms with van der Waals surface area (Å²) in [5.74, 6) is 0.524. The molecule has 11 nitrogen and oxygen atoms in total. The van der Waals surface area contributed by atoms with E-state index in [0.29, 0.717) is 58.1 Å². The number of methoxy groups -OCH3 is 1. The van der Waals surface area contributed by atoms with Gasteiger partial charge in [0.1, 0.15) is 17.0 Å². The Bertz CT molecular complexity index is 1690. The minimum Gasteiger partial charge on any atom is -0.495 e. The molecular formula is C35H41N5O6. The number of benzene rings is 3. The lowest BCUT2D eigenvalue weighted by Crippen LogP contribution is -2.47. The standard InChI is InChI=1S/C35H41N5O6/c1-24-12-15-29(31(21-24)45-20-7-5-6-11-32(41)40-18-16-38(2)17-19-40)39(3)35(43)25-13-14-27(30(22-25)44-4)37-34(42)26-9-8-10-28-33(26)46-23-36-28/h8-10,12-15,21-23H,5-7,11,16-20H2,1-4H3,(H,37,42). The van der Waals surface area contributed by atoms with Crippen LogP contribution in [0.2, 0.25) is 0 Å². The van der Waals surface area contributed by atoms with Crippen molar-refractivity contribution in [2.45, 2.75) is 32.6 Å². The number of rotatable bonds is 12. The fourth-order valence-electron chi connectivity index (χ4n) is 5.45. The number of anilines is 2. The Labute approximate surface area is 269 Å². The molecule has 2 heterocycles. The van der Waals surface area contributed by atoms with Gasteiger partial charge in [0.05, 0.1) is 30.7 Å². The Morgan fingerprint density at radius 2 is 1.78 bits per heavy atom. The van der Waals surface area contributed by atoms with E-state index in [0.717, 1.165) is 51.0 Å². The van der Waals surface area contributed by atoms with Crippen molar-refractivity contribution in [1.82, 2.24) is 14.8 Å². The molecule has 3 amide bonds. The minimum absolute atomic E-state index is 0.228. The molecule has 1 N–H and O–H groups in total. The van der Waals surface area contributed by atoms with E-state index in [1.54, 1.807) is 48.3 Å². The summed E-state index contributed by atoms with van der Waals surface area (Å²) >= 11 is 0. The van der Waals surface area contributed by atoms with Crippen LogP contribution in [0.1, 0.15) is 52.0 Å². The molecule has 242 valence electrons. The highest BCUT2D eigenvalue weighted by atomic mass is 16.5. The number of piperazine rings is 1. The third-order valence-electron chi connectivity index (χ3n) is 8.23. The molecule has 0 unspecified atom stereocenters. The summed E-state index contributed by atoms with van der Waals surface area (Å²) in [6.45, 7) is 5.91. The smallest absolute Gasteiger partial charge is 0.259 e. The molecule has 1 aliphatic heterocycles. The van der Waals surface area contributed by atoms with E-state index < -0.39 is 0 Å². The molecule has 5 rings (SSSR count). The number of aryl methyl sites for hydroxylation is 1. The molecule has 11 heteroatoms. The number of aromatic nitrogens is 1. The largest absolute Gasteiger partial charge is 0.495 e. The van der Waals surface area contributed by atoms with Gasteiger partial charge in [-0.25, -0.2) is 4.98 Å². The van der Waals surface area contributed by atoms with Crippen molar-refractivity contribution in [3.05, 3.63) is 77.7 Å². The average Bonchev–Trinajstić information content (AvgIpc) is 3.55. The molecule has 1 aliphatic rings. The van der Waals surface area contributed by atoms with Gasteiger partial charge < -0.3 is 33.9 Å². The number of nitrogens with one attached hydrogen (secondary N) is 1. The van der Waals surface area contributed by atoms with Gasteiger partial charge in [-0.2, -0.15) is 0 Å². The van der Waals surface area contributed by atoms with Crippen molar-refractivity contribution in [2.24, 2.45) is 0 Å². The molecule has 0 spiro atoms. The van der Waals surface area contributed by atoms with Gasteiger partial charge >= 0.3 is 0 Å². The number of nitrogens with zero attached hydrogens (tertiary/aromatic N) is 4. The Hall–Kier alpha value is -4.90. The molecule has 0 aliphatic carbocycles. The maximum atomic E-state index is 13.6. The van der Waals surface area contributed by atoms with Crippen molar-refractivity contribution >= 4 is 40.2 Å². The van der Waals surface area contributed by atoms with Crippen molar-refractivity contribution in [2.75, 3.05) is 64.2 Å². The molecule has 0 radical (unpaired) electrons. The fraction of sp³-hybridized carbons (Fsp3) is 0.371. The molecule has 4 aromatic rings. The number of carbonyl (C=O) groups excluding carboxylic acids is 3. The number of fused-ring (bicyclic) bond motifs is 1. The second kappa shape index (κ2) is 14.9. The summed E-state index contributed by atoms with van der Waals surface area (Å²) in [5, 5.41) is 2.84. The number of hydrogen-bond donors (Lipinski definition) is 1. The fourth-order valence-corrected chi connectivity index (χ4v) is 5.45. The number of unbranched alkanes of at least 4 members (excludes halogenated alkanes) is 2. The van der Waals surface area contributed by atoms with E-state index in [-0.39, 0.29) is 17.7 Å². The lowest BCUT2D eigenvalue weighted by atomic mass is 10.1. The predicted octanol–water partition coefficient (Wildman–Crippen LogP) is 5.39. The lowest BCUT2D eigenvalue weighted by Gasteiger charge is -2.32. The van der Waals surface area contributed by atoms with E-state index in [2.05, 4.69) is 22.2 Å². The Morgan fingerprint density at radius 3 is 2.57 bits per heavy atom. The van der Waals surface area contributed by atoms with Gasteiger partial charge in [0.2, 0.25) is 5.91 Å². The van der Waals surface area contributed by atoms with Crippen molar-refractivity contribution < 1.29 is 28.3 Å². The van der Waals surface area contributed by atoms with Crippen molar-refractivity contribution in [1.29, 1.82) is 0 Å². The monoisotopic (exact) mass is 627 g/mol. The summed E-state index contributed by atoms with van der Waals surface area (Å²) in [6, 6.07) is 15.8. The minimum atomic E-state index is -0.389. The third kappa shape index (κ3) is 7.66. The topological polar surface area (TPSA) is 117 Å². The summed E-state index contributed by atoms with van der Waals surface area (Å²) in [6.07, 6.45) is 4.35. The van der Waals surface area contributed by atoms with Gasteiger partial charge in [0.25, 0.3) is 11.8 Å². The first-order valence-electron chi connectivity index (χ1n) is 15.5. The van der Waals surface area contributed by atoms with Crippen LogP contribution in [-0.2, 0) is 4.79 Å². The molecule has 1 aromatic heterocycles. The third-order valence-corrected chi connectivity index (χ3v) is 8.23. The molecule has 1 saturated heterocycles. The number of para-hydroxylation sites is 1. The van der Waals surface area contributed by atoms with Crippen LogP contribution in [0.25, 0.3) is 11.1 Å². The Balaban J connectivity index is 1.18. The molecule has 46 heavy (non-hydrogen) atoms. The van der Waals surface area contributed by atoms with Crippen LogP contribution in [0, 0.1) is 6.92 Å². The van der Waals surface area contributed by atoms with Gasteiger partial charge in [-0.1, -0.05) is 12.1 Å². The van der Waals surface area contributed by atoms with E-state index >= 15 is 0 Å². The van der Waals surface area contributed by atoms with Gasteiger partial charge in [0.15, 0.2) is 12.0 Å². The number of ether oxygens (including phenoxy) is 2. The maximum Gasteiger partial charge on any atom is 0.259 e. The molecular weight excluding hydrogens is 586 g/mol. The second-order valence-corrected chi connectivity index (χ2v) is 11.6. The van der Waals surface area contributed by atoms with E-state index in [4.69, 9.17) is 13.9 Å². The van der Waals surface area contributed by atoms with Gasteiger partial charge in [-0.05, 0) is 81.3 Å². The first-order valence-corrected chi connectivity index (χ1v) is 15.5. The highest BCUT2D eigenvalue weighted by Crippen LogP contribution is 2.32. The normalized spacial score (nSPS) is 13.4. The highest BCUT2D eigenvalue weighted by Gasteiger charge is 2.21. The summed E-state index contributed by atoms with van der Waals surface area (Å²) < 4.78 is 17.1. The van der Waals surface area contributed by atoms with Crippen LogP contribution >= 0.6 is 0 Å². The zero-order valence-electron chi connectivity index (χ0n) is 26.9. The van der Waals surface area contributed by atoms with E-state index in [9.17, 15) is 14.4 Å². The second-order valence-electron chi connectivity index (χ2n) is 11.6. The molecule has 3 aromatic carbocycles. The van der Waals surface area contributed by atoms with Crippen LogP contribution in [-0.4, -0.2) is 86.5 Å². The summed E-state index contributed by atoms with van der Waals surface area (Å²) in [4.78, 5) is 49.0. The molecule has 1 fully saturated rings. The number of likely N-dealkylation sites (N-methyl/N-ethyl adjacent to an activating group) is 1. The number of carbonyl (C=O) groups is 3. The van der Waals surface area contributed by atoms with Crippen LogP contribution in [0.3, 0.4) is 0 Å². The van der Waals surface area contributed by atoms with Crippen LogP contribution in [0.15, 0.2) is 65.4 Å². The number of amides is 3. The number of oxazole rings is 1. The van der Waals surface area contributed by atoms with Crippen molar-refractivity contribution in [3.8, 4) is 11.5 Å². The predicted molar refractivity (Wildman–Crippen MR) is 177 cm³/mol. The average molecular weight is 628 g/mol. The van der Waals surface area contributed by atoms with Crippen LogP contribution in [0.5, 0.6) is 11.5 Å². The van der Waals surface area contributed by atoms with Crippen LogP contribution < -0.4 is 19.7 Å². The summed E-state index contributed by atoms with van der Waals surface area (Å²) in [7, 11) is 5.26. The Kier molecular flexibility index (Phi) is 10.5. The molecule has 0 saturated carbocycles. The molecule has 0 bridgehead atoms. The van der Waals surface area contributed by atoms with Gasteiger partial charge in [0, 0.05) is 45.2 Å². The zero-order chi connectivity index (χ0) is 32.6. The van der Waals surface area contributed by atoms with Crippen molar-refractivity contribution in [3.63, 3.8) is 0 Å².